The molecule has 2 N–H and O–H groups in total. The zero-order valence-corrected chi connectivity index (χ0v) is 18.7. The number of hydrogen-bond donors (Lipinski definition) is 2. The van der Waals surface area contributed by atoms with Crippen LogP contribution in [0.2, 0.25) is 0 Å². The fraction of sp³-hybridized carbons (Fsp3) is 0.120. The van der Waals surface area contributed by atoms with Gasteiger partial charge in [0, 0.05) is 17.2 Å². The van der Waals surface area contributed by atoms with Gasteiger partial charge in [-0.2, -0.15) is 0 Å². The highest BCUT2D eigenvalue weighted by atomic mass is 32.2. The lowest BCUT2D eigenvalue weighted by Crippen LogP contribution is -2.28. The molecule has 0 aliphatic heterocycles. The molecule has 2 aromatic carbocycles. The van der Waals surface area contributed by atoms with Gasteiger partial charge in [0.15, 0.2) is 0 Å². The number of benzene rings is 2. The highest BCUT2D eigenvalue weighted by Gasteiger charge is 2.34. The molecule has 0 bridgehead atoms. The smallest absolute Gasteiger partial charge is 0.331 e. The van der Waals surface area contributed by atoms with Gasteiger partial charge < -0.3 is 10.2 Å². The minimum atomic E-state index is -3.56. The number of carboxylic acid groups (broad SMARTS) is 2. The maximum atomic E-state index is 12.6. The Balaban J connectivity index is 0.000000205. The first kappa shape index (κ1) is 23.7. The van der Waals surface area contributed by atoms with Crippen LogP contribution in [0.1, 0.15) is 18.9 Å². The third-order valence-corrected chi connectivity index (χ3v) is 7.04. The molecule has 0 spiro atoms. The fourth-order valence-electron chi connectivity index (χ4n) is 3.44. The molecule has 0 fully saturated rings. The second-order valence-corrected chi connectivity index (χ2v) is 9.48. The molecule has 1 heterocycles. The van der Waals surface area contributed by atoms with Crippen LogP contribution in [-0.2, 0) is 19.6 Å². The molecule has 8 heteroatoms. The van der Waals surface area contributed by atoms with Gasteiger partial charge in [-0.05, 0) is 43.2 Å². The Bertz CT molecular complexity index is 1380. The van der Waals surface area contributed by atoms with Crippen molar-refractivity contribution >= 4 is 38.9 Å². The van der Waals surface area contributed by atoms with Crippen LogP contribution in [0, 0.1) is 5.41 Å². The Kier molecular flexibility index (Phi) is 6.69. The second kappa shape index (κ2) is 9.30. The summed E-state index contributed by atoms with van der Waals surface area (Å²) in [5.74, 6) is -2.06. The maximum absolute atomic E-state index is 12.6. The lowest BCUT2D eigenvalue weighted by atomic mass is 9.80. The summed E-state index contributed by atoms with van der Waals surface area (Å²) in [5.41, 5.74) is 0.630. The molecule has 33 heavy (non-hydrogen) atoms. The second-order valence-electron chi connectivity index (χ2n) is 7.67. The summed E-state index contributed by atoms with van der Waals surface area (Å²) in [6.07, 6.45) is 7.74. The van der Waals surface area contributed by atoms with Crippen LogP contribution in [0.5, 0.6) is 0 Å². The summed E-state index contributed by atoms with van der Waals surface area (Å²) in [6.45, 7) is 5.25. The van der Waals surface area contributed by atoms with Gasteiger partial charge in [-0.3, -0.25) is 4.79 Å². The molecule has 1 aliphatic rings. The summed E-state index contributed by atoms with van der Waals surface area (Å²) in [7, 11) is -3.56. The van der Waals surface area contributed by atoms with Crippen molar-refractivity contribution in [2.45, 2.75) is 18.2 Å². The quantitative estimate of drug-likeness (QED) is 0.571. The Morgan fingerprint density at radius 3 is 2.36 bits per heavy atom. The molecular formula is C25H23NO6S. The van der Waals surface area contributed by atoms with Gasteiger partial charge in [0.2, 0.25) is 0 Å². The molecule has 0 saturated carbocycles. The zero-order chi connectivity index (χ0) is 24.2. The first-order valence-corrected chi connectivity index (χ1v) is 11.4. The van der Waals surface area contributed by atoms with E-state index in [2.05, 4.69) is 6.58 Å². The van der Waals surface area contributed by atoms with E-state index in [1.165, 1.54) is 29.1 Å². The van der Waals surface area contributed by atoms with Gasteiger partial charge in [0.25, 0.3) is 10.0 Å². The number of fused-ring (bicyclic) bond motifs is 1. The molecule has 0 saturated heterocycles. The average molecular weight is 466 g/mol. The van der Waals surface area contributed by atoms with Crippen molar-refractivity contribution in [3.63, 3.8) is 0 Å². The number of carboxylic acids is 2. The Labute approximate surface area is 191 Å². The molecule has 7 nitrogen and oxygen atoms in total. The lowest BCUT2D eigenvalue weighted by molar-refractivity contribution is -0.145. The molecule has 4 rings (SSSR count). The van der Waals surface area contributed by atoms with Crippen LogP contribution >= 0.6 is 0 Å². The number of hydrogen-bond acceptors (Lipinski definition) is 4. The third-order valence-electron chi connectivity index (χ3n) is 5.33. The van der Waals surface area contributed by atoms with E-state index in [9.17, 15) is 18.0 Å². The van der Waals surface area contributed by atoms with Crippen molar-refractivity contribution < 1.29 is 28.2 Å². The third kappa shape index (κ3) is 4.80. The average Bonchev–Trinajstić information content (AvgIpc) is 3.25. The Hall–Kier alpha value is -3.91. The van der Waals surface area contributed by atoms with Crippen LogP contribution in [-0.4, -0.2) is 34.5 Å². The summed E-state index contributed by atoms with van der Waals surface area (Å²) >= 11 is 0. The largest absolute Gasteiger partial charge is 0.481 e. The van der Waals surface area contributed by atoms with Crippen LogP contribution in [0.4, 0.5) is 0 Å². The van der Waals surface area contributed by atoms with E-state index in [1.54, 1.807) is 54.7 Å². The summed E-state index contributed by atoms with van der Waals surface area (Å²) < 4.78 is 26.6. The highest BCUT2D eigenvalue weighted by molar-refractivity contribution is 7.90. The van der Waals surface area contributed by atoms with Gasteiger partial charge in [-0.25, -0.2) is 17.2 Å². The fourth-order valence-corrected chi connectivity index (χ4v) is 4.81. The van der Waals surface area contributed by atoms with Crippen LogP contribution in [0.3, 0.4) is 0 Å². The highest BCUT2D eigenvalue weighted by Crippen LogP contribution is 2.31. The van der Waals surface area contributed by atoms with Crippen molar-refractivity contribution in [1.29, 1.82) is 0 Å². The number of rotatable bonds is 5. The lowest BCUT2D eigenvalue weighted by Gasteiger charge is -2.23. The van der Waals surface area contributed by atoms with Crippen molar-refractivity contribution in [2.75, 3.05) is 0 Å². The van der Waals surface area contributed by atoms with Gasteiger partial charge in [-0.15, -0.1) is 0 Å². The van der Waals surface area contributed by atoms with E-state index in [4.69, 9.17) is 10.2 Å². The first-order chi connectivity index (χ1) is 15.6. The number of aromatic nitrogens is 1. The molecule has 0 amide bonds. The van der Waals surface area contributed by atoms with Gasteiger partial charge >= 0.3 is 11.9 Å². The SMILES string of the molecule is C=Cc1cccc2c1ccn2S(=O)(=O)c1ccccc1.CC1(C(=O)O)C=CC=C(C(=O)O)C1. The van der Waals surface area contributed by atoms with E-state index >= 15 is 0 Å². The summed E-state index contributed by atoms with van der Waals surface area (Å²) in [5, 5.41) is 18.4. The first-order valence-electron chi connectivity index (χ1n) is 9.98. The minimum absolute atomic E-state index is 0.0359. The molecular weight excluding hydrogens is 442 g/mol. The molecule has 1 aromatic heterocycles. The summed E-state index contributed by atoms with van der Waals surface area (Å²) in [4.78, 5) is 21.6. The predicted octanol–water partition coefficient (Wildman–Crippen LogP) is 4.57. The number of allylic oxidation sites excluding steroid dienone is 2. The Morgan fingerprint density at radius 1 is 1.06 bits per heavy atom. The van der Waals surface area contributed by atoms with Gasteiger partial charge in [-0.1, -0.05) is 61.2 Å². The maximum Gasteiger partial charge on any atom is 0.331 e. The van der Waals surface area contributed by atoms with E-state index in [-0.39, 0.29) is 16.9 Å². The van der Waals surface area contributed by atoms with Crippen molar-refractivity contribution in [3.8, 4) is 0 Å². The normalized spacial score (nSPS) is 17.5. The van der Waals surface area contributed by atoms with Crippen LogP contribution in [0.15, 0.2) is 96.1 Å². The molecule has 1 aliphatic carbocycles. The molecule has 170 valence electrons. The van der Waals surface area contributed by atoms with Crippen molar-refractivity contribution in [2.24, 2.45) is 5.41 Å². The minimum Gasteiger partial charge on any atom is -0.481 e. The van der Waals surface area contributed by atoms with E-state index in [0.717, 1.165) is 10.9 Å². The van der Waals surface area contributed by atoms with Gasteiger partial charge in [0.05, 0.1) is 15.8 Å². The topological polar surface area (TPSA) is 114 Å². The number of nitrogens with zero attached hydrogens (tertiary/aromatic N) is 1. The molecule has 1 unspecified atom stereocenters. The van der Waals surface area contributed by atoms with Crippen molar-refractivity contribution in [3.05, 3.63) is 96.7 Å². The van der Waals surface area contributed by atoms with Gasteiger partial charge in [0.1, 0.15) is 0 Å². The zero-order valence-electron chi connectivity index (χ0n) is 17.9. The standard InChI is InChI=1S/C16H13NO2S.C9H10O4/c1-2-13-7-6-10-16-15(13)11-12-17(16)20(18,19)14-8-4-3-5-9-14;1-9(8(12)13)4-2-3-6(5-9)7(10)11/h2-12H,1H2;2-4H,5H2,1H3,(H,10,11)(H,12,13). The number of carbonyl (C=O) groups is 2. The van der Waals surface area contributed by atoms with E-state index in [1.807, 2.05) is 12.1 Å². The van der Waals surface area contributed by atoms with E-state index in [0.29, 0.717) is 5.52 Å². The molecule has 3 aromatic rings. The van der Waals surface area contributed by atoms with E-state index < -0.39 is 27.4 Å². The monoisotopic (exact) mass is 465 g/mol. The summed E-state index contributed by atoms with van der Waals surface area (Å²) in [6, 6.07) is 15.8. The van der Waals surface area contributed by atoms with Crippen molar-refractivity contribution in [1.82, 2.24) is 3.97 Å². The Morgan fingerprint density at radius 2 is 1.76 bits per heavy atom. The molecule has 0 radical (unpaired) electrons. The number of aliphatic carboxylic acids is 2. The molecule has 1 atom stereocenters. The van der Waals surface area contributed by atoms with Crippen LogP contribution in [0.25, 0.3) is 17.0 Å². The predicted molar refractivity (Wildman–Crippen MR) is 126 cm³/mol. The van der Waals surface area contributed by atoms with Crippen LogP contribution < -0.4 is 0 Å².